The molecule has 0 atom stereocenters. The van der Waals surface area contributed by atoms with Crippen molar-refractivity contribution in [2.75, 3.05) is 36.5 Å². The van der Waals surface area contributed by atoms with E-state index in [0.29, 0.717) is 17.8 Å². The molecule has 0 unspecified atom stereocenters. The molecular weight excluding hydrogens is 460 g/mol. The summed E-state index contributed by atoms with van der Waals surface area (Å²) in [4.78, 5) is 20.3. The highest BCUT2D eigenvalue weighted by molar-refractivity contribution is 5.85. The Balaban J connectivity index is 1.10. The van der Waals surface area contributed by atoms with E-state index >= 15 is 0 Å². The molecule has 1 saturated carbocycles. The first-order chi connectivity index (χ1) is 17.7. The van der Waals surface area contributed by atoms with Crippen molar-refractivity contribution in [2.24, 2.45) is 7.05 Å². The Morgan fingerprint density at radius 1 is 0.972 bits per heavy atom. The number of nitrogens with one attached hydrogen (secondary N) is 1. The van der Waals surface area contributed by atoms with Gasteiger partial charge in [-0.15, -0.1) is 5.10 Å². The van der Waals surface area contributed by atoms with E-state index in [1.807, 2.05) is 0 Å². The molecule has 0 spiro atoms. The number of anilines is 2. The molecule has 6 rings (SSSR count). The smallest absolute Gasteiger partial charge is 0.222 e. The zero-order valence-corrected chi connectivity index (χ0v) is 20.1. The number of tetrazole rings is 1. The van der Waals surface area contributed by atoms with E-state index in [2.05, 4.69) is 57.8 Å². The summed E-state index contributed by atoms with van der Waals surface area (Å²) in [6.07, 6.45) is 10.9. The van der Waals surface area contributed by atoms with Crippen molar-refractivity contribution in [3.8, 4) is 17.1 Å². The first-order valence-electron chi connectivity index (χ1n) is 12.3. The van der Waals surface area contributed by atoms with Gasteiger partial charge in [-0.25, -0.2) is 19.6 Å². The minimum atomic E-state index is 0.125. The number of ether oxygens (including phenoxy) is 2. The van der Waals surface area contributed by atoms with Crippen molar-refractivity contribution in [1.29, 1.82) is 0 Å². The van der Waals surface area contributed by atoms with Crippen LogP contribution >= 0.6 is 0 Å². The predicted molar refractivity (Wildman–Crippen MR) is 133 cm³/mol. The van der Waals surface area contributed by atoms with E-state index in [-0.39, 0.29) is 6.10 Å². The summed E-state index contributed by atoms with van der Waals surface area (Å²) in [5.74, 6) is 2.04. The maximum absolute atomic E-state index is 6.53. The molecule has 3 aromatic heterocycles. The summed E-state index contributed by atoms with van der Waals surface area (Å²) in [7, 11) is 1.79. The number of fused-ring (bicyclic) bond motifs is 1. The van der Waals surface area contributed by atoms with Gasteiger partial charge in [0.2, 0.25) is 5.95 Å². The number of rotatable bonds is 6. The molecule has 1 aliphatic carbocycles. The highest BCUT2D eigenvalue weighted by Gasteiger charge is 2.25. The van der Waals surface area contributed by atoms with Crippen molar-refractivity contribution < 1.29 is 9.47 Å². The van der Waals surface area contributed by atoms with Crippen LogP contribution in [0.15, 0.2) is 36.9 Å². The molecule has 1 N–H and O–H groups in total. The molecule has 1 aliphatic heterocycles. The molecule has 2 aliphatic rings. The molecule has 36 heavy (non-hydrogen) atoms. The van der Waals surface area contributed by atoms with Gasteiger partial charge in [0.15, 0.2) is 5.82 Å². The Morgan fingerprint density at radius 2 is 1.75 bits per heavy atom. The second-order valence-electron chi connectivity index (χ2n) is 9.12. The van der Waals surface area contributed by atoms with Crippen LogP contribution in [-0.2, 0) is 11.8 Å². The lowest BCUT2D eigenvalue weighted by atomic mass is 9.93. The maximum Gasteiger partial charge on any atom is 0.222 e. The fraction of sp³-hybridized carbons (Fsp3) is 0.458. The average Bonchev–Trinajstić information content (AvgIpc) is 3.36. The van der Waals surface area contributed by atoms with E-state index in [4.69, 9.17) is 9.47 Å². The third-order valence-corrected chi connectivity index (χ3v) is 6.73. The van der Waals surface area contributed by atoms with Crippen LogP contribution in [0.2, 0.25) is 0 Å². The predicted octanol–water partition coefficient (Wildman–Crippen LogP) is 2.25. The summed E-state index contributed by atoms with van der Waals surface area (Å²) in [6, 6.07) is 4.49. The largest absolute Gasteiger partial charge is 0.488 e. The van der Waals surface area contributed by atoms with Gasteiger partial charge in [-0.2, -0.15) is 0 Å². The van der Waals surface area contributed by atoms with Crippen LogP contribution in [0.3, 0.4) is 0 Å². The highest BCUT2D eigenvalue weighted by Crippen LogP contribution is 2.33. The van der Waals surface area contributed by atoms with Crippen molar-refractivity contribution in [1.82, 2.24) is 40.1 Å². The Bertz CT molecular complexity index is 1310. The zero-order valence-electron chi connectivity index (χ0n) is 20.1. The molecule has 0 bridgehead atoms. The van der Waals surface area contributed by atoms with E-state index in [9.17, 15) is 0 Å². The SMILES string of the molecule is Cn1nnnc1-c1cnc(NC2CCC(Oc3cc(N4CCOCC4)cc4nccnc34)CC2)nc1. The minimum absolute atomic E-state index is 0.125. The van der Waals surface area contributed by atoms with Gasteiger partial charge in [-0.3, -0.25) is 4.98 Å². The average molecular weight is 489 g/mol. The number of benzene rings is 1. The molecule has 186 valence electrons. The molecule has 0 radical (unpaired) electrons. The second-order valence-corrected chi connectivity index (χ2v) is 9.12. The van der Waals surface area contributed by atoms with Crippen LogP contribution in [0.25, 0.3) is 22.4 Å². The lowest BCUT2D eigenvalue weighted by Gasteiger charge is -2.31. The molecule has 2 fully saturated rings. The number of morpholine rings is 1. The quantitative estimate of drug-likeness (QED) is 0.429. The van der Waals surface area contributed by atoms with Crippen LogP contribution in [0.1, 0.15) is 25.7 Å². The number of hydrogen-bond acceptors (Lipinski definition) is 11. The first-order valence-corrected chi connectivity index (χ1v) is 12.3. The molecule has 1 aromatic carbocycles. The summed E-state index contributed by atoms with van der Waals surface area (Å²) < 4.78 is 13.6. The van der Waals surface area contributed by atoms with E-state index in [1.165, 1.54) is 0 Å². The first kappa shape index (κ1) is 22.5. The number of aryl methyl sites for hydroxylation is 1. The molecule has 4 aromatic rings. The van der Waals surface area contributed by atoms with Crippen LogP contribution in [0, 0.1) is 0 Å². The van der Waals surface area contributed by atoms with Crippen molar-refractivity contribution in [2.45, 2.75) is 37.8 Å². The van der Waals surface area contributed by atoms with E-state index in [0.717, 1.165) is 80.0 Å². The van der Waals surface area contributed by atoms with Gasteiger partial charge < -0.3 is 19.7 Å². The zero-order chi connectivity index (χ0) is 24.3. The second kappa shape index (κ2) is 9.97. The monoisotopic (exact) mass is 488 g/mol. The van der Waals surface area contributed by atoms with Crippen molar-refractivity contribution in [3.05, 3.63) is 36.9 Å². The van der Waals surface area contributed by atoms with Gasteiger partial charge >= 0.3 is 0 Å². The normalized spacial score (nSPS) is 20.4. The maximum atomic E-state index is 6.53. The topological polar surface area (TPSA) is 129 Å². The van der Waals surface area contributed by atoms with Gasteiger partial charge in [0.1, 0.15) is 11.3 Å². The van der Waals surface area contributed by atoms with Crippen molar-refractivity contribution >= 4 is 22.7 Å². The molecule has 12 heteroatoms. The summed E-state index contributed by atoms with van der Waals surface area (Å²) in [6.45, 7) is 3.19. The number of nitrogens with zero attached hydrogens (tertiary/aromatic N) is 9. The highest BCUT2D eigenvalue weighted by atomic mass is 16.5. The lowest BCUT2D eigenvalue weighted by Crippen LogP contribution is -2.36. The van der Waals surface area contributed by atoms with Crippen LogP contribution in [0.4, 0.5) is 11.6 Å². The van der Waals surface area contributed by atoms with Crippen LogP contribution in [-0.4, -0.2) is 78.6 Å². The Labute approximate surface area is 208 Å². The van der Waals surface area contributed by atoms with Gasteiger partial charge in [0.05, 0.1) is 30.4 Å². The third-order valence-electron chi connectivity index (χ3n) is 6.73. The van der Waals surface area contributed by atoms with Crippen LogP contribution < -0.4 is 15.0 Å². The fourth-order valence-corrected chi connectivity index (χ4v) is 4.80. The third kappa shape index (κ3) is 4.76. The standard InChI is InChI=1S/C24H28N10O2/c1-33-23(30-31-32-33)16-14-27-24(28-15-16)29-17-2-4-19(5-3-17)36-21-13-18(34-8-10-35-11-9-34)12-20-22(21)26-7-6-25-20/h6-7,12-15,17,19H,2-5,8-11H2,1H3,(H,27,28,29). The van der Waals surface area contributed by atoms with E-state index in [1.54, 1.807) is 36.5 Å². The Hall–Kier alpha value is -3.93. The van der Waals surface area contributed by atoms with E-state index < -0.39 is 0 Å². The molecule has 12 nitrogen and oxygen atoms in total. The summed E-state index contributed by atoms with van der Waals surface area (Å²) in [5.41, 5.74) is 3.54. The lowest BCUT2D eigenvalue weighted by molar-refractivity contribution is 0.122. The summed E-state index contributed by atoms with van der Waals surface area (Å²) in [5, 5.41) is 15.0. The summed E-state index contributed by atoms with van der Waals surface area (Å²) >= 11 is 0. The van der Waals surface area contributed by atoms with Gasteiger partial charge in [0, 0.05) is 62.7 Å². The van der Waals surface area contributed by atoms with Gasteiger partial charge in [-0.05, 0) is 42.2 Å². The molecule has 1 saturated heterocycles. The van der Waals surface area contributed by atoms with Gasteiger partial charge in [0.25, 0.3) is 0 Å². The Kier molecular flexibility index (Phi) is 6.24. The fourth-order valence-electron chi connectivity index (χ4n) is 4.80. The molecule has 0 amide bonds. The van der Waals surface area contributed by atoms with Crippen LogP contribution in [0.5, 0.6) is 5.75 Å². The van der Waals surface area contributed by atoms with Crippen molar-refractivity contribution in [3.63, 3.8) is 0 Å². The minimum Gasteiger partial charge on any atom is -0.488 e. The number of aromatic nitrogens is 8. The molecule has 4 heterocycles. The van der Waals surface area contributed by atoms with Gasteiger partial charge in [-0.1, -0.05) is 0 Å². The number of hydrogen-bond donors (Lipinski definition) is 1. The Morgan fingerprint density at radius 3 is 2.50 bits per heavy atom. The molecular formula is C24H28N10O2.